The van der Waals surface area contributed by atoms with Crippen LogP contribution in [0.1, 0.15) is 19.8 Å². The monoisotopic (exact) mass is 243 g/mol. The molecule has 3 nitrogen and oxygen atoms in total. The average molecular weight is 243 g/mol. The number of hydrogen-bond acceptors (Lipinski definition) is 2. The Bertz CT molecular complexity index is 448. The van der Waals surface area contributed by atoms with E-state index in [9.17, 15) is 0 Å². The van der Waals surface area contributed by atoms with Gasteiger partial charge in [-0.2, -0.15) is 0 Å². The molecule has 1 heterocycles. The largest absolute Gasteiger partial charge is 0.330 e. The van der Waals surface area contributed by atoms with Crippen molar-refractivity contribution in [3.8, 4) is 11.4 Å². The van der Waals surface area contributed by atoms with Crippen LogP contribution in [0.25, 0.3) is 11.4 Å². The van der Waals surface area contributed by atoms with Crippen molar-refractivity contribution in [3.05, 3.63) is 42.7 Å². The molecule has 1 aromatic carbocycles. The van der Waals surface area contributed by atoms with Gasteiger partial charge in [-0.1, -0.05) is 43.7 Å². The molecular weight excluding hydrogens is 222 g/mol. The molecule has 0 aliphatic rings. The number of nitrogens with one attached hydrogen (secondary N) is 1. The van der Waals surface area contributed by atoms with E-state index in [1.165, 1.54) is 18.4 Å². The fraction of sp³-hybridized carbons (Fsp3) is 0.400. The van der Waals surface area contributed by atoms with Crippen LogP contribution in [0.2, 0.25) is 0 Å². The SMILES string of the molecule is CCCCNCCn1ccnc1-c1ccccc1. The van der Waals surface area contributed by atoms with Crippen molar-refractivity contribution in [2.24, 2.45) is 0 Å². The highest BCUT2D eigenvalue weighted by Crippen LogP contribution is 2.16. The van der Waals surface area contributed by atoms with Gasteiger partial charge in [0.15, 0.2) is 0 Å². The predicted molar refractivity (Wildman–Crippen MR) is 75.4 cm³/mol. The highest BCUT2D eigenvalue weighted by Gasteiger charge is 2.04. The zero-order valence-electron chi connectivity index (χ0n) is 11.0. The van der Waals surface area contributed by atoms with E-state index in [-0.39, 0.29) is 0 Å². The minimum absolute atomic E-state index is 0.966. The second-order valence-corrected chi connectivity index (χ2v) is 4.41. The van der Waals surface area contributed by atoms with E-state index >= 15 is 0 Å². The van der Waals surface area contributed by atoms with Gasteiger partial charge in [0, 0.05) is 31.0 Å². The van der Waals surface area contributed by atoms with Gasteiger partial charge in [0.2, 0.25) is 0 Å². The summed E-state index contributed by atoms with van der Waals surface area (Å²) < 4.78 is 2.20. The second-order valence-electron chi connectivity index (χ2n) is 4.41. The fourth-order valence-electron chi connectivity index (χ4n) is 1.96. The molecule has 0 atom stereocenters. The lowest BCUT2D eigenvalue weighted by Gasteiger charge is -2.08. The number of rotatable bonds is 7. The number of unbranched alkanes of at least 4 members (excludes halogenated alkanes) is 1. The van der Waals surface area contributed by atoms with Gasteiger partial charge in [0.25, 0.3) is 0 Å². The van der Waals surface area contributed by atoms with Crippen molar-refractivity contribution >= 4 is 0 Å². The third kappa shape index (κ3) is 3.44. The van der Waals surface area contributed by atoms with E-state index < -0.39 is 0 Å². The summed E-state index contributed by atoms with van der Waals surface area (Å²) in [5.74, 6) is 1.05. The highest BCUT2D eigenvalue weighted by atomic mass is 15.1. The summed E-state index contributed by atoms with van der Waals surface area (Å²) in [6.07, 6.45) is 6.40. The summed E-state index contributed by atoms with van der Waals surface area (Å²) in [5, 5.41) is 3.45. The van der Waals surface area contributed by atoms with Crippen molar-refractivity contribution < 1.29 is 0 Å². The van der Waals surface area contributed by atoms with Crippen LogP contribution >= 0.6 is 0 Å². The van der Waals surface area contributed by atoms with Crippen LogP contribution in [0, 0.1) is 0 Å². The van der Waals surface area contributed by atoms with Gasteiger partial charge in [-0.25, -0.2) is 4.98 Å². The third-order valence-electron chi connectivity index (χ3n) is 2.98. The first-order chi connectivity index (χ1) is 8.92. The van der Waals surface area contributed by atoms with E-state index in [4.69, 9.17) is 0 Å². The van der Waals surface area contributed by atoms with E-state index in [0.717, 1.165) is 25.5 Å². The van der Waals surface area contributed by atoms with Crippen LogP contribution < -0.4 is 5.32 Å². The zero-order valence-corrected chi connectivity index (χ0v) is 11.0. The van der Waals surface area contributed by atoms with Crippen molar-refractivity contribution in [1.82, 2.24) is 14.9 Å². The molecule has 0 saturated carbocycles. The minimum atomic E-state index is 0.966. The van der Waals surface area contributed by atoms with E-state index in [1.807, 2.05) is 30.6 Å². The van der Waals surface area contributed by atoms with Gasteiger partial charge >= 0.3 is 0 Å². The Hall–Kier alpha value is -1.61. The van der Waals surface area contributed by atoms with Gasteiger partial charge in [-0.05, 0) is 13.0 Å². The molecule has 2 rings (SSSR count). The summed E-state index contributed by atoms with van der Waals surface area (Å²) in [4.78, 5) is 4.44. The maximum absolute atomic E-state index is 4.44. The van der Waals surface area contributed by atoms with Crippen molar-refractivity contribution in [2.45, 2.75) is 26.3 Å². The van der Waals surface area contributed by atoms with Crippen LogP contribution in [-0.4, -0.2) is 22.6 Å². The van der Waals surface area contributed by atoms with E-state index in [1.54, 1.807) is 0 Å². The molecule has 0 saturated heterocycles. The van der Waals surface area contributed by atoms with Crippen LogP contribution in [-0.2, 0) is 6.54 Å². The standard InChI is InChI=1S/C15H21N3/c1-2-3-9-16-10-12-18-13-11-17-15(18)14-7-5-4-6-8-14/h4-8,11,13,16H,2-3,9-10,12H2,1H3. The molecule has 3 heteroatoms. The van der Waals surface area contributed by atoms with Gasteiger partial charge in [0.1, 0.15) is 5.82 Å². The molecule has 0 spiro atoms. The summed E-state index contributed by atoms with van der Waals surface area (Å²) in [6.45, 7) is 5.28. The van der Waals surface area contributed by atoms with Crippen molar-refractivity contribution in [3.63, 3.8) is 0 Å². The lowest BCUT2D eigenvalue weighted by molar-refractivity contribution is 0.582. The number of nitrogens with zero attached hydrogens (tertiary/aromatic N) is 2. The average Bonchev–Trinajstić information content (AvgIpc) is 2.88. The van der Waals surface area contributed by atoms with Gasteiger partial charge in [-0.15, -0.1) is 0 Å². The number of hydrogen-bond donors (Lipinski definition) is 1. The quantitative estimate of drug-likeness (QED) is 0.758. The zero-order chi connectivity index (χ0) is 12.6. The first-order valence-electron chi connectivity index (χ1n) is 6.69. The Morgan fingerprint density at radius 1 is 1.17 bits per heavy atom. The summed E-state index contributed by atoms with van der Waals surface area (Å²) in [5.41, 5.74) is 1.18. The predicted octanol–water partition coefficient (Wildman–Crippen LogP) is 2.94. The lowest BCUT2D eigenvalue weighted by atomic mass is 10.2. The molecule has 0 radical (unpaired) electrons. The Balaban J connectivity index is 1.92. The second kappa shape index (κ2) is 6.97. The number of aromatic nitrogens is 2. The Labute approximate surface area is 109 Å². The molecule has 0 unspecified atom stereocenters. The first kappa shape index (κ1) is 12.8. The number of imidazole rings is 1. The lowest BCUT2D eigenvalue weighted by Crippen LogP contribution is -2.21. The maximum Gasteiger partial charge on any atom is 0.139 e. The van der Waals surface area contributed by atoms with Crippen molar-refractivity contribution in [1.29, 1.82) is 0 Å². The maximum atomic E-state index is 4.44. The Kier molecular flexibility index (Phi) is 4.97. The first-order valence-corrected chi connectivity index (χ1v) is 6.69. The van der Waals surface area contributed by atoms with Gasteiger partial charge < -0.3 is 9.88 Å². The molecule has 2 aromatic rings. The third-order valence-corrected chi connectivity index (χ3v) is 2.98. The summed E-state index contributed by atoms with van der Waals surface area (Å²) >= 11 is 0. The molecule has 0 bridgehead atoms. The van der Waals surface area contributed by atoms with Crippen LogP contribution in [0.15, 0.2) is 42.7 Å². The van der Waals surface area contributed by atoms with E-state index in [0.29, 0.717) is 0 Å². The van der Waals surface area contributed by atoms with Gasteiger partial charge in [-0.3, -0.25) is 0 Å². The van der Waals surface area contributed by atoms with Crippen LogP contribution in [0.5, 0.6) is 0 Å². The van der Waals surface area contributed by atoms with Gasteiger partial charge in [0.05, 0.1) is 0 Å². The van der Waals surface area contributed by atoms with Crippen LogP contribution in [0.4, 0.5) is 0 Å². The normalized spacial score (nSPS) is 10.7. The fourth-order valence-corrected chi connectivity index (χ4v) is 1.96. The topological polar surface area (TPSA) is 29.9 Å². The molecule has 0 aliphatic heterocycles. The Morgan fingerprint density at radius 3 is 2.78 bits per heavy atom. The summed E-state index contributed by atoms with van der Waals surface area (Å²) in [6, 6.07) is 10.3. The molecule has 96 valence electrons. The van der Waals surface area contributed by atoms with Crippen LogP contribution in [0.3, 0.4) is 0 Å². The van der Waals surface area contributed by atoms with Crippen molar-refractivity contribution in [2.75, 3.05) is 13.1 Å². The molecule has 1 aromatic heterocycles. The molecule has 0 aliphatic carbocycles. The molecule has 0 amide bonds. The Morgan fingerprint density at radius 2 is 2.00 bits per heavy atom. The molecule has 18 heavy (non-hydrogen) atoms. The minimum Gasteiger partial charge on any atom is -0.330 e. The molecular formula is C15H21N3. The molecule has 1 N–H and O–H groups in total. The van der Waals surface area contributed by atoms with E-state index in [2.05, 4.69) is 33.9 Å². The summed E-state index contributed by atoms with van der Waals surface area (Å²) in [7, 11) is 0. The smallest absolute Gasteiger partial charge is 0.139 e. The number of benzene rings is 1. The molecule has 0 fully saturated rings. The highest BCUT2D eigenvalue weighted by molar-refractivity contribution is 5.55.